The zero-order valence-electron chi connectivity index (χ0n) is 13.9. The van der Waals surface area contributed by atoms with E-state index in [1.165, 1.54) is 18.4 Å². The van der Waals surface area contributed by atoms with Crippen molar-refractivity contribution in [3.8, 4) is 0 Å². The maximum absolute atomic E-state index is 12.8. The highest BCUT2D eigenvalue weighted by Gasteiger charge is 2.32. The van der Waals surface area contributed by atoms with Gasteiger partial charge in [-0.25, -0.2) is 18.2 Å². The highest BCUT2D eigenvalue weighted by atomic mass is 32.2. The standard InChI is InChI=1S/C14H18N6O4S/c1-17-10-11(13(21)18(2)14(17)22)25(23,24)20-7-5-19(6-8-20)12-9-15-3-4-16-12/h3-4,9-10H,5-8H2,1-2H3. The van der Waals surface area contributed by atoms with Crippen molar-refractivity contribution in [2.75, 3.05) is 31.1 Å². The summed E-state index contributed by atoms with van der Waals surface area (Å²) < 4.78 is 28.8. The lowest BCUT2D eigenvalue weighted by Crippen LogP contribution is -2.50. The maximum Gasteiger partial charge on any atom is 0.330 e. The number of hydrogen-bond acceptors (Lipinski definition) is 7. The Balaban J connectivity index is 1.86. The Kier molecular flexibility index (Phi) is 4.43. The number of sulfonamides is 1. The molecule has 2 aromatic heterocycles. The molecular weight excluding hydrogens is 348 g/mol. The molecule has 1 saturated heterocycles. The van der Waals surface area contributed by atoms with Crippen LogP contribution in [0.25, 0.3) is 0 Å². The molecule has 0 aromatic carbocycles. The number of piperazine rings is 1. The topological polar surface area (TPSA) is 110 Å². The van der Waals surface area contributed by atoms with Crippen LogP contribution in [0.1, 0.15) is 0 Å². The average Bonchev–Trinajstić information content (AvgIpc) is 2.63. The Morgan fingerprint density at radius 1 is 1.04 bits per heavy atom. The molecule has 0 saturated carbocycles. The summed E-state index contributed by atoms with van der Waals surface area (Å²) in [5.41, 5.74) is -1.39. The SMILES string of the molecule is Cn1cc(S(=O)(=O)N2CCN(c3cnccn3)CC2)c(=O)n(C)c1=O. The van der Waals surface area contributed by atoms with Crippen LogP contribution in [-0.2, 0) is 24.1 Å². The van der Waals surface area contributed by atoms with Gasteiger partial charge in [0.05, 0.1) is 6.20 Å². The zero-order valence-corrected chi connectivity index (χ0v) is 14.7. The van der Waals surface area contributed by atoms with E-state index in [4.69, 9.17) is 0 Å². The van der Waals surface area contributed by atoms with Crippen LogP contribution >= 0.6 is 0 Å². The second-order valence-electron chi connectivity index (χ2n) is 5.71. The van der Waals surface area contributed by atoms with Gasteiger partial charge in [0.15, 0.2) is 4.90 Å². The lowest BCUT2D eigenvalue weighted by molar-refractivity contribution is 0.382. The lowest BCUT2D eigenvalue weighted by atomic mass is 10.3. The van der Waals surface area contributed by atoms with Crippen LogP contribution in [0, 0.1) is 0 Å². The van der Waals surface area contributed by atoms with Crippen molar-refractivity contribution in [2.45, 2.75) is 4.90 Å². The highest BCUT2D eigenvalue weighted by Crippen LogP contribution is 2.17. The summed E-state index contributed by atoms with van der Waals surface area (Å²) in [6.45, 7) is 1.30. The molecule has 0 N–H and O–H groups in total. The van der Waals surface area contributed by atoms with Gasteiger partial charge in [0.25, 0.3) is 5.56 Å². The molecule has 0 spiro atoms. The molecule has 0 unspecified atom stereocenters. The van der Waals surface area contributed by atoms with Crippen LogP contribution < -0.4 is 16.1 Å². The van der Waals surface area contributed by atoms with Crippen molar-refractivity contribution >= 4 is 15.8 Å². The number of nitrogens with zero attached hydrogens (tertiary/aromatic N) is 6. The first-order valence-corrected chi connectivity index (χ1v) is 9.04. The highest BCUT2D eigenvalue weighted by molar-refractivity contribution is 7.89. The second kappa shape index (κ2) is 6.41. The van der Waals surface area contributed by atoms with Crippen molar-refractivity contribution in [3.05, 3.63) is 45.6 Å². The molecule has 0 amide bonds. The number of anilines is 1. The molecule has 0 bridgehead atoms. The predicted molar refractivity (Wildman–Crippen MR) is 89.9 cm³/mol. The summed E-state index contributed by atoms with van der Waals surface area (Å²) >= 11 is 0. The van der Waals surface area contributed by atoms with Gasteiger partial charge in [-0.2, -0.15) is 4.31 Å². The van der Waals surface area contributed by atoms with E-state index in [1.54, 1.807) is 18.6 Å². The summed E-state index contributed by atoms with van der Waals surface area (Å²) in [6.07, 6.45) is 5.84. The number of aromatic nitrogens is 4. The Labute approximate surface area is 144 Å². The first kappa shape index (κ1) is 17.3. The van der Waals surface area contributed by atoms with Crippen molar-refractivity contribution in [1.29, 1.82) is 0 Å². The van der Waals surface area contributed by atoms with Crippen LogP contribution in [-0.4, -0.2) is 58.0 Å². The van der Waals surface area contributed by atoms with E-state index in [1.807, 2.05) is 4.90 Å². The van der Waals surface area contributed by atoms with E-state index in [2.05, 4.69) is 9.97 Å². The fourth-order valence-corrected chi connectivity index (χ4v) is 4.27. The van der Waals surface area contributed by atoms with E-state index in [9.17, 15) is 18.0 Å². The molecule has 3 rings (SSSR count). The van der Waals surface area contributed by atoms with Crippen molar-refractivity contribution in [1.82, 2.24) is 23.4 Å². The predicted octanol–water partition coefficient (Wildman–Crippen LogP) is -1.62. The average molecular weight is 366 g/mol. The van der Waals surface area contributed by atoms with Crippen molar-refractivity contribution < 1.29 is 8.42 Å². The Morgan fingerprint density at radius 3 is 2.32 bits per heavy atom. The van der Waals surface area contributed by atoms with Crippen molar-refractivity contribution in [3.63, 3.8) is 0 Å². The lowest BCUT2D eigenvalue weighted by Gasteiger charge is -2.34. The van der Waals surface area contributed by atoms with Gasteiger partial charge in [0, 0.05) is 58.9 Å². The molecule has 2 aromatic rings. The van der Waals surface area contributed by atoms with Crippen LogP contribution in [0.3, 0.4) is 0 Å². The summed E-state index contributed by atoms with van der Waals surface area (Å²) in [7, 11) is -1.31. The molecular formula is C14H18N6O4S. The summed E-state index contributed by atoms with van der Waals surface area (Å²) in [4.78, 5) is 33.7. The molecule has 25 heavy (non-hydrogen) atoms. The van der Waals surface area contributed by atoms with E-state index in [0.717, 1.165) is 15.3 Å². The minimum absolute atomic E-state index is 0.213. The van der Waals surface area contributed by atoms with E-state index in [-0.39, 0.29) is 13.1 Å². The van der Waals surface area contributed by atoms with E-state index >= 15 is 0 Å². The molecule has 11 heteroatoms. The minimum Gasteiger partial charge on any atom is -0.353 e. The molecule has 134 valence electrons. The van der Waals surface area contributed by atoms with E-state index < -0.39 is 26.2 Å². The van der Waals surface area contributed by atoms with Gasteiger partial charge in [-0.15, -0.1) is 0 Å². The van der Waals surface area contributed by atoms with Crippen LogP contribution in [0.2, 0.25) is 0 Å². The quantitative estimate of drug-likeness (QED) is 0.642. The Hall–Kier alpha value is -2.53. The van der Waals surface area contributed by atoms with E-state index in [0.29, 0.717) is 18.9 Å². The monoisotopic (exact) mass is 366 g/mol. The summed E-state index contributed by atoms with van der Waals surface area (Å²) in [5, 5.41) is 0. The minimum atomic E-state index is -3.98. The molecule has 10 nitrogen and oxygen atoms in total. The molecule has 1 fully saturated rings. The first-order valence-electron chi connectivity index (χ1n) is 7.60. The summed E-state index contributed by atoms with van der Waals surface area (Å²) in [6, 6.07) is 0. The van der Waals surface area contributed by atoms with Gasteiger partial charge in [0.1, 0.15) is 5.82 Å². The van der Waals surface area contributed by atoms with Crippen LogP contribution in [0.15, 0.2) is 39.3 Å². The van der Waals surface area contributed by atoms with Gasteiger partial charge in [-0.1, -0.05) is 0 Å². The number of hydrogen-bond donors (Lipinski definition) is 0. The summed E-state index contributed by atoms with van der Waals surface area (Å²) in [5.74, 6) is 0.678. The Morgan fingerprint density at radius 2 is 1.72 bits per heavy atom. The first-order chi connectivity index (χ1) is 11.8. The molecule has 0 aliphatic carbocycles. The molecule has 1 aliphatic rings. The molecule has 0 atom stereocenters. The van der Waals surface area contributed by atoms with Gasteiger partial charge >= 0.3 is 5.69 Å². The number of rotatable bonds is 3. The normalized spacial score (nSPS) is 16.2. The van der Waals surface area contributed by atoms with Crippen LogP contribution in [0.5, 0.6) is 0 Å². The second-order valence-corrected chi connectivity index (χ2v) is 7.61. The Bertz CT molecular complexity index is 990. The fourth-order valence-electron chi connectivity index (χ4n) is 2.70. The fraction of sp³-hybridized carbons (Fsp3) is 0.429. The van der Waals surface area contributed by atoms with Gasteiger partial charge in [-0.3, -0.25) is 14.3 Å². The molecule has 0 radical (unpaired) electrons. The third kappa shape index (κ3) is 3.07. The van der Waals surface area contributed by atoms with Gasteiger partial charge < -0.3 is 9.47 Å². The van der Waals surface area contributed by atoms with Crippen molar-refractivity contribution in [2.24, 2.45) is 14.1 Å². The number of aryl methyl sites for hydroxylation is 1. The zero-order chi connectivity index (χ0) is 18.2. The smallest absolute Gasteiger partial charge is 0.330 e. The van der Waals surface area contributed by atoms with Crippen LogP contribution in [0.4, 0.5) is 5.82 Å². The largest absolute Gasteiger partial charge is 0.353 e. The maximum atomic E-state index is 12.8. The third-order valence-electron chi connectivity index (χ3n) is 4.14. The molecule has 3 heterocycles. The van der Waals surface area contributed by atoms with Gasteiger partial charge in [0.2, 0.25) is 10.0 Å². The molecule has 1 aliphatic heterocycles. The van der Waals surface area contributed by atoms with Gasteiger partial charge in [-0.05, 0) is 0 Å². The third-order valence-corrected chi connectivity index (χ3v) is 6.03.